The third kappa shape index (κ3) is 4.09. The molecule has 0 bridgehead atoms. The van der Waals surface area contributed by atoms with Crippen LogP contribution in [-0.4, -0.2) is 41.5 Å². The van der Waals surface area contributed by atoms with Gasteiger partial charge < -0.3 is 5.32 Å². The highest BCUT2D eigenvalue weighted by Crippen LogP contribution is 2.25. The zero-order valence-electron chi connectivity index (χ0n) is 15.3. The summed E-state index contributed by atoms with van der Waals surface area (Å²) in [6.45, 7) is 2.81. The van der Waals surface area contributed by atoms with E-state index < -0.39 is 15.9 Å². The standard InChI is InChI=1S/C18H22N4O4S/c1-13-6-7-14(27(25,26)22-10-4-3-5-11-22)12-16(13)19-18(24)15-8-9-17(23)21(2)20-15/h6-9,12H,3-5,10-11H2,1-2H3,(H,19,24). The molecule has 0 unspecified atom stereocenters. The van der Waals surface area contributed by atoms with Crippen molar-refractivity contribution in [3.8, 4) is 0 Å². The van der Waals surface area contributed by atoms with Gasteiger partial charge in [-0.25, -0.2) is 13.1 Å². The van der Waals surface area contributed by atoms with Crippen molar-refractivity contribution >= 4 is 21.6 Å². The zero-order valence-corrected chi connectivity index (χ0v) is 16.1. The van der Waals surface area contributed by atoms with Crippen LogP contribution >= 0.6 is 0 Å². The maximum atomic E-state index is 12.9. The van der Waals surface area contributed by atoms with Gasteiger partial charge in [-0.1, -0.05) is 12.5 Å². The number of sulfonamides is 1. The summed E-state index contributed by atoms with van der Waals surface area (Å²) in [7, 11) is -2.14. The fourth-order valence-electron chi connectivity index (χ4n) is 2.96. The summed E-state index contributed by atoms with van der Waals surface area (Å²) in [5.74, 6) is -0.513. The Labute approximate surface area is 157 Å². The Morgan fingerprint density at radius 3 is 2.48 bits per heavy atom. The van der Waals surface area contributed by atoms with Crippen LogP contribution in [0.1, 0.15) is 35.3 Å². The van der Waals surface area contributed by atoms with Gasteiger partial charge in [0.05, 0.1) is 4.90 Å². The van der Waals surface area contributed by atoms with E-state index in [0.29, 0.717) is 18.8 Å². The van der Waals surface area contributed by atoms with Gasteiger partial charge >= 0.3 is 0 Å². The molecular formula is C18H22N4O4S. The number of amides is 1. The molecule has 8 nitrogen and oxygen atoms in total. The molecule has 9 heteroatoms. The number of hydrogen-bond acceptors (Lipinski definition) is 5. The van der Waals surface area contributed by atoms with Gasteiger partial charge in [-0.05, 0) is 43.5 Å². The molecule has 0 aliphatic carbocycles. The number of piperidine rings is 1. The van der Waals surface area contributed by atoms with E-state index in [1.807, 2.05) is 0 Å². The molecule has 144 valence electrons. The average molecular weight is 390 g/mol. The Hall–Kier alpha value is -2.52. The van der Waals surface area contributed by atoms with E-state index in [4.69, 9.17) is 0 Å². The number of hydrogen-bond donors (Lipinski definition) is 1. The largest absolute Gasteiger partial charge is 0.320 e. The molecule has 0 spiro atoms. The van der Waals surface area contributed by atoms with Crippen molar-refractivity contribution in [2.45, 2.75) is 31.1 Å². The smallest absolute Gasteiger partial charge is 0.276 e. The number of anilines is 1. The minimum atomic E-state index is -3.59. The third-order valence-corrected chi connectivity index (χ3v) is 6.50. The van der Waals surface area contributed by atoms with E-state index in [9.17, 15) is 18.0 Å². The van der Waals surface area contributed by atoms with Gasteiger partial charge in [0.25, 0.3) is 11.5 Å². The van der Waals surface area contributed by atoms with Gasteiger partial charge in [0.15, 0.2) is 0 Å². The van der Waals surface area contributed by atoms with Crippen LogP contribution in [0.25, 0.3) is 0 Å². The quantitative estimate of drug-likeness (QED) is 0.853. The number of nitrogens with zero attached hydrogens (tertiary/aromatic N) is 3. The molecule has 27 heavy (non-hydrogen) atoms. The number of carbonyl (C=O) groups excluding carboxylic acids is 1. The Kier molecular flexibility index (Phi) is 5.43. The number of carbonyl (C=O) groups is 1. The maximum absolute atomic E-state index is 12.9. The predicted molar refractivity (Wildman–Crippen MR) is 101 cm³/mol. The van der Waals surface area contributed by atoms with Gasteiger partial charge in [-0.3, -0.25) is 9.59 Å². The summed E-state index contributed by atoms with van der Waals surface area (Å²) in [6.07, 6.45) is 2.74. The minimum absolute atomic E-state index is 0.0702. The fourth-order valence-corrected chi connectivity index (χ4v) is 4.50. The lowest BCUT2D eigenvalue weighted by molar-refractivity contribution is 0.102. The van der Waals surface area contributed by atoms with Crippen molar-refractivity contribution in [1.29, 1.82) is 0 Å². The van der Waals surface area contributed by atoms with Crippen LogP contribution in [0, 0.1) is 6.92 Å². The van der Waals surface area contributed by atoms with Crippen molar-refractivity contribution in [2.75, 3.05) is 18.4 Å². The molecule has 0 radical (unpaired) electrons. The molecule has 1 aromatic heterocycles. The van der Waals surface area contributed by atoms with Gasteiger partial charge in [-0.15, -0.1) is 0 Å². The predicted octanol–water partition coefficient (Wildman–Crippen LogP) is 1.52. The zero-order chi connectivity index (χ0) is 19.6. The van der Waals surface area contributed by atoms with Crippen molar-refractivity contribution in [2.24, 2.45) is 7.05 Å². The molecule has 1 N–H and O–H groups in total. The summed E-state index contributed by atoms with van der Waals surface area (Å²) >= 11 is 0. The molecule has 2 heterocycles. The minimum Gasteiger partial charge on any atom is -0.320 e. The topological polar surface area (TPSA) is 101 Å². The number of benzene rings is 1. The Bertz CT molecular complexity index is 1020. The monoisotopic (exact) mass is 390 g/mol. The second-order valence-corrected chi connectivity index (χ2v) is 8.51. The van der Waals surface area contributed by atoms with Gasteiger partial charge in [0.1, 0.15) is 5.69 Å². The second kappa shape index (κ2) is 7.61. The lowest BCUT2D eigenvalue weighted by atomic mass is 10.2. The Balaban J connectivity index is 1.88. The first-order valence-corrected chi connectivity index (χ1v) is 10.2. The van der Waals surface area contributed by atoms with Gasteiger partial charge in [0, 0.05) is 31.9 Å². The second-order valence-electron chi connectivity index (χ2n) is 6.58. The molecule has 0 saturated carbocycles. The Morgan fingerprint density at radius 2 is 1.81 bits per heavy atom. The van der Waals surface area contributed by atoms with Crippen molar-refractivity contribution in [3.05, 3.63) is 51.9 Å². The number of nitrogens with one attached hydrogen (secondary N) is 1. The molecule has 0 atom stereocenters. The van der Waals surface area contributed by atoms with Crippen LogP contribution in [0.5, 0.6) is 0 Å². The fraction of sp³-hybridized carbons (Fsp3) is 0.389. The van der Waals surface area contributed by atoms with Crippen LogP contribution in [-0.2, 0) is 17.1 Å². The van der Waals surface area contributed by atoms with Crippen LogP contribution in [0.2, 0.25) is 0 Å². The molecule has 1 amide bonds. The van der Waals surface area contributed by atoms with E-state index in [1.165, 1.54) is 29.6 Å². The van der Waals surface area contributed by atoms with Crippen molar-refractivity contribution in [1.82, 2.24) is 14.1 Å². The molecule has 3 rings (SSSR count). The van der Waals surface area contributed by atoms with Crippen LogP contribution in [0.15, 0.2) is 40.0 Å². The highest BCUT2D eigenvalue weighted by Gasteiger charge is 2.26. The summed E-state index contributed by atoms with van der Waals surface area (Å²) < 4.78 is 28.3. The van der Waals surface area contributed by atoms with E-state index in [2.05, 4.69) is 10.4 Å². The van der Waals surface area contributed by atoms with Crippen molar-refractivity contribution < 1.29 is 13.2 Å². The molecule has 2 aromatic rings. The van der Waals surface area contributed by atoms with Crippen LogP contribution < -0.4 is 10.9 Å². The summed E-state index contributed by atoms with van der Waals surface area (Å²) in [6, 6.07) is 7.28. The van der Waals surface area contributed by atoms with Crippen LogP contribution in [0.3, 0.4) is 0 Å². The van der Waals surface area contributed by atoms with E-state index in [0.717, 1.165) is 29.5 Å². The van der Waals surface area contributed by atoms with Crippen molar-refractivity contribution in [3.63, 3.8) is 0 Å². The number of aryl methyl sites for hydroxylation is 2. The molecule has 1 aliphatic heterocycles. The molecule has 1 aliphatic rings. The lowest BCUT2D eigenvalue weighted by Crippen LogP contribution is -2.35. The summed E-state index contributed by atoms with van der Waals surface area (Å²) in [5, 5.41) is 6.60. The average Bonchev–Trinajstić information content (AvgIpc) is 2.66. The normalized spacial score (nSPS) is 15.5. The molecule has 1 saturated heterocycles. The Morgan fingerprint density at radius 1 is 1.11 bits per heavy atom. The maximum Gasteiger partial charge on any atom is 0.276 e. The van der Waals surface area contributed by atoms with E-state index in [1.54, 1.807) is 19.1 Å². The third-order valence-electron chi connectivity index (χ3n) is 4.60. The van der Waals surface area contributed by atoms with Crippen LogP contribution in [0.4, 0.5) is 5.69 Å². The summed E-state index contributed by atoms with van der Waals surface area (Å²) in [5.41, 5.74) is 0.873. The van der Waals surface area contributed by atoms with E-state index in [-0.39, 0.29) is 16.1 Å². The lowest BCUT2D eigenvalue weighted by Gasteiger charge is -2.26. The SMILES string of the molecule is Cc1ccc(S(=O)(=O)N2CCCCC2)cc1NC(=O)c1ccc(=O)n(C)n1. The number of rotatable bonds is 4. The highest BCUT2D eigenvalue weighted by atomic mass is 32.2. The molecule has 1 fully saturated rings. The first kappa shape index (κ1) is 19.2. The first-order valence-electron chi connectivity index (χ1n) is 8.75. The van der Waals surface area contributed by atoms with E-state index >= 15 is 0 Å². The van der Waals surface area contributed by atoms with Gasteiger partial charge in [-0.2, -0.15) is 9.40 Å². The molecule has 1 aromatic carbocycles. The number of aromatic nitrogens is 2. The summed E-state index contributed by atoms with van der Waals surface area (Å²) in [4.78, 5) is 24.0. The highest BCUT2D eigenvalue weighted by molar-refractivity contribution is 7.89. The first-order chi connectivity index (χ1) is 12.8. The molecular weight excluding hydrogens is 368 g/mol. The van der Waals surface area contributed by atoms with Gasteiger partial charge in [0.2, 0.25) is 10.0 Å².